The van der Waals surface area contributed by atoms with Gasteiger partial charge in [0, 0.05) is 6.04 Å². The smallest absolute Gasteiger partial charge is 0.00695 e. The minimum Gasteiger partial charge on any atom is -0.327 e. The molecular weight excluding hydrogens is 158 g/mol. The van der Waals surface area contributed by atoms with Crippen LogP contribution in [0.3, 0.4) is 0 Å². The second-order valence-electron chi connectivity index (χ2n) is 4.90. The van der Waals surface area contributed by atoms with E-state index in [2.05, 4.69) is 34.6 Å². The summed E-state index contributed by atoms with van der Waals surface area (Å²) in [7, 11) is 0. The van der Waals surface area contributed by atoms with Crippen LogP contribution >= 0.6 is 0 Å². The van der Waals surface area contributed by atoms with E-state index in [1.54, 1.807) is 0 Å². The lowest BCUT2D eigenvalue weighted by Crippen LogP contribution is -2.33. The minimum atomic E-state index is 0.390. The van der Waals surface area contributed by atoms with Crippen LogP contribution in [0.4, 0.5) is 0 Å². The average Bonchev–Trinajstić information content (AvgIpc) is 2.03. The molecule has 2 N–H and O–H groups in total. The third-order valence-electron chi connectivity index (χ3n) is 3.18. The fourth-order valence-corrected chi connectivity index (χ4v) is 1.78. The molecule has 0 fully saturated rings. The summed E-state index contributed by atoms with van der Waals surface area (Å²) in [6.07, 6.45) is 3.79. The van der Waals surface area contributed by atoms with Crippen molar-refractivity contribution < 1.29 is 0 Å². The van der Waals surface area contributed by atoms with Gasteiger partial charge in [0.15, 0.2) is 0 Å². The molecule has 0 aromatic heterocycles. The molecule has 0 aliphatic heterocycles. The highest BCUT2D eigenvalue weighted by Crippen LogP contribution is 2.20. The predicted molar refractivity (Wildman–Crippen MR) is 60.7 cm³/mol. The molecule has 3 atom stereocenters. The highest BCUT2D eigenvalue weighted by Gasteiger charge is 2.18. The monoisotopic (exact) mass is 185 g/mol. The van der Waals surface area contributed by atoms with E-state index in [0.717, 1.165) is 5.92 Å². The lowest BCUT2D eigenvalue weighted by Gasteiger charge is -2.25. The lowest BCUT2D eigenvalue weighted by atomic mass is 9.85. The summed E-state index contributed by atoms with van der Waals surface area (Å²) in [6, 6.07) is 0.390. The molecular formula is C12H27N. The van der Waals surface area contributed by atoms with Gasteiger partial charge in [-0.25, -0.2) is 0 Å². The summed E-state index contributed by atoms with van der Waals surface area (Å²) >= 11 is 0. The molecule has 0 radical (unpaired) electrons. The van der Waals surface area contributed by atoms with Gasteiger partial charge in [-0.3, -0.25) is 0 Å². The van der Waals surface area contributed by atoms with Crippen LogP contribution < -0.4 is 5.73 Å². The van der Waals surface area contributed by atoms with Crippen molar-refractivity contribution in [2.24, 2.45) is 23.5 Å². The maximum Gasteiger partial charge on any atom is 0.00695 e. The average molecular weight is 185 g/mol. The van der Waals surface area contributed by atoms with E-state index in [-0.39, 0.29) is 0 Å². The van der Waals surface area contributed by atoms with Gasteiger partial charge in [-0.2, -0.15) is 0 Å². The van der Waals surface area contributed by atoms with Gasteiger partial charge in [0.25, 0.3) is 0 Å². The van der Waals surface area contributed by atoms with Gasteiger partial charge in [-0.1, -0.05) is 47.5 Å². The molecule has 0 spiro atoms. The Morgan fingerprint density at radius 1 is 1.08 bits per heavy atom. The maximum atomic E-state index is 6.15. The van der Waals surface area contributed by atoms with Gasteiger partial charge in [0.2, 0.25) is 0 Å². The molecule has 0 rings (SSSR count). The minimum absolute atomic E-state index is 0.390. The second kappa shape index (κ2) is 6.42. The van der Waals surface area contributed by atoms with Crippen LogP contribution in [0.2, 0.25) is 0 Å². The first kappa shape index (κ1) is 13.0. The van der Waals surface area contributed by atoms with Crippen molar-refractivity contribution in [3.63, 3.8) is 0 Å². The zero-order valence-electron chi connectivity index (χ0n) is 10.0. The Kier molecular flexibility index (Phi) is 6.40. The fourth-order valence-electron chi connectivity index (χ4n) is 1.78. The first-order valence-corrected chi connectivity index (χ1v) is 5.74. The highest BCUT2D eigenvalue weighted by atomic mass is 14.6. The number of nitrogens with two attached hydrogens (primary N) is 1. The fraction of sp³-hybridized carbons (Fsp3) is 1.00. The van der Waals surface area contributed by atoms with Crippen molar-refractivity contribution in [1.82, 2.24) is 0 Å². The Hall–Kier alpha value is -0.0400. The number of hydrogen-bond donors (Lipinski definition) is 1. The Bertz CT molecular complexity index is 120. The SMILES string of the molecule is CCCC(C)CC(N)C(C)C(C)C. The van der Waals surface area contributed by atoms with E-state index in [0.29, 0.717) is 17.9 Å². The van der Waals surface area contributed by atoms with Gasteiger partial charge >= 0.3 is 0 Å². The van der Waals surface area contributed by atoms with Crippen molar-refractivity contribution in [3.8, 4) is 0 Å². The first-order chi connectivity index (χ1) is 5.99. The van der Waals surface area contributed by atoms with Crippen LogP contribution in [0, 0.1) is 17.8 Å². The van der Waals surface area contributed by atoms with E-state index in [1.807, 2.05) is 0 Å². The standard InChI is InChI=1S/C12H27N/c1-6-7-10(4)8-12(13)11(5)9(2)3/h9-12H,6-8,13H2,1-5H3. The van der Waals surface area contributed by atoms with E-state index in [9.17, 15) is 0 Å². The van der Waals surface area contributed by atoms with Crippen molar-refractivity contribution in [2.45, 2.75) is 59.9 Å². The summed E-state index contributed by atoms with van der Waals surface area (Å²) in [6.45, 7) is 11.3. The molecule has 0 aromatic rings. The Labute approximate surface area is 84.1 Å². The van der Waals surface area contributed by atoms with E-state index < -0.39 is 0 Å². The summed E-state index contributed by atoms with van der Waals surface area (Å²) in [4.78, 5) is 0. The molecule has 0 aromatic carbocycles. The topological polar surface area (TPSA) is 26.0 Å². The quantitative estimate of drug-likeness (QED) is 0.674. The molecule has 1 heteroatoms. The van der Waals surface area contributed by atoms with Crippen LogP contribution in [-0.2, 0) is 0 Å². The molecule has 0 heterocycles. The summed E-state index contributed by atoms with van der Waals surface area (Å²) in [5.74, 6) is 2.16. The zero-order chi connectivity index (χ0) is 10.4. The van der Waals surface area contributed by atoms with Gasteiger partial charge < -0.3 is 5.73 Å². The summed E-state index contributed by atoms with van der Waals surface area (Å²) in [5, 5.41) is 0. The van der Waals surface area contributed by atoms with E-state index in [1.165, 1.54) is 19.3 Å². The molecule has 0 aliphatic rings. The summed E-state index contributed by atoms with van der Waals surface area (Å²) < 4.78 is 0. The molecule has 1 nitrogen and oxygen atoms in total. The lowest BCUT2D eigenvalue weighted by molar-refractivity contribution is 0.296. The summed E-state index contributed by atoms with van der Waals surface area (Å²) in [5.41, 5.74) is 6.15. The highest BCUT2D eigenvalue weighted by molar-refractivity contribution is 4.73. The molecule has 80 valence electrons. The second-order valence-corrected chi connectivity index (χ2v) is 4.90. The maximum absolute atomic E-state index is 6.15. The van der Waals surface area contributed by atoms with Crippen LogP contribution in [-0.4, -0.2) is 6.04 Å². The molecule has 0 amide bonds. The Morgan fingerprint density at radius 2 is 1.62 bits per heavy atom. The van der Waals surface area contributed by atoms with Crippen molar-refractivity contribution >= 4 is 0 Å². The van der Waals surface area contributed by atoms with Crippen molar-refractivity contribution in [1.29, 1.82) is 0 Å². The molecule has 0 aliphatic carbocycles. The molecule has 3 unspecified atom stereocenters. The van der Waals surface area contributed by atoms with E-state index >= 15 is 0 Å². The van der Waals surface area contributed by atoms with Crippen LogP contribution in [0.1, 0.15) is 53.9 Å². The predicted octanol–water partition coefficient (Wildman–Crippen LogP) is 3.43. The first-order valence-electron chi connectivity index (χ1n) is 5.74. The zero-order valence-corrected chi connectivity index (χ0v) is 10.0. The van der Waals surface area contributed by atoms with Gasteiger partial charge in [-0.15, -0.1) is 0 Å². The number of hydrogen-bond acceptors (Lipinski definition) is 1. The van der Waals surface area contributed by atoms with Gasteiger partial charge in [0.1, 0.15) is 0 Å². The third-order valence-corrected chi connectivity index (χ3v) is 3.18. The van der Waals surface area contributed by atoms with Gasteiger partial charge in [-0.05, 0) is 24.2 Å². The van der Waals surface area contributed by atoms with Gasteiger partial charge in [0.05, 0.1) is 0 Å². The third kappa shape index (κ3) is 5.30. The normalized spacial score (nSPS) is 18.7. The molecule has 0 saturated heterocycles. The van der Waals surface area contributed by atoms with E-state index in [4.69, 9.17) is 5.73 Å². The largest absolute Gasteiger partial charge is 0.327 e. The van der Waals surface area contributed by atoms with Crippen LogP contribution in [0.5, 0.6) is 0 Å². The van der Waals surface area contributed by atoms with Crippen LogP contribution in [0.25, 0.3) is 0 Å². The van der Waals surface area contributed by atoms with Crippen molar-refractivity contribution in [2.75, 3.05) is 0 Å². The Morgan fingerprint density at radius 3 is 2.00 bits per heavy atom. The molecule has 0 bridgehead atoms. The molecule has 13 heavy (non-hydrogen) atoms. The molecule has 0 saturated carbocycles. The Balaban J connectivity index is 3.77. The number of rotatable bonds is 6. The van der Waals surface area contributed by atoms with Crippen molar-refractivity contribution in [3.05, 3.63) is 0 Å². The van der Waals surface area contributed by atoms with Crippen LogP contribution in [0.15, 0.2) is 0 Å².